The molecule has 2 unspecified atom stereocenters. The van der Waals surface area contributed by atoms with E-state index in [1.807, 2.05) is 0 Å². The SMILES string of the molecule is S=P1(c2ccccc2)N2CCCNCCNCCCN1CC2. The van der Waals surface area contributed by atoms with Gasteiger partial charge < -0.3 is 10.6 Å². The first-order chi connectivity index (χ1) is 10.8. The summed E-state index contributed by atoms with van der Waals surface area (Å²) >= 11 is 6.31. The van der Waals surface area contributed by atoms with E-state index in [2.05, 4.69) is 50.3 Å². The van der Waals surface area contributed by atoms with Gasteiger partial charge in [-0.15, -0.1) is 0 Å². The second kappa shape index (κ2) is 8.00. The van der Waals surface area contributed by atoms with E-state index in [0.717, 1.165) is 52.4 Å². The molecule has 0 spiro atoms. The van der Waals surface area contributed by atoms with Crippen LogP contribution in [0.4, 0.5) is 0 Å². The van der Waals surface area contributed by atoms with E-state index >= 15 is 0 Å². The van der Waals surface area contributed by atoms with Gasteiger partial charge >= 0.3 is 0 Å². The molecule has 0 saturated carbocycles. The Hall–Kier alpha value is -0.290. The molecule has 3 rings (SSSR count). The second-order valence-electron chi connectivity index (χ2n) is 5.99. The quantitative estimate of drug-likeness (QED) is 0.752. The number of fused-ring (bicyclic) bond motifs is 2. The summed E-state index contributed by atoms with van der Waals surface area (Å²) in [6.07, 6.45) is 0.601. The fourth-order valence-electron chi connectivity index (χ4n) is 3.32. The number of hydrogen-bond donors (Lipinski definition) is 2. The highest BCUT2D eigenvalue weighted by Crippen LogP contribution is 2.56. The number of rotatable bonds is 1. The van der Waals surface area contributed by atoms with E-state index in [0.29, 0.717) is 0 Å². The van der Waals surface area contributed by atoms with Crippen LogP contribution in [0.2, 0.25) is 0 Å². The highest BCUT2D eigenvalue weighted by atomic mass is 32.4. The Bertz CT molecular complexity index is 486. The van der Waals surface area contributed by atoms with Crippen molar-refractivity contribution in [1.29, 1.82) is 0 Å². The Balaban J connectivity index is 1.82. The van der Waals surface area contributed by atoms with Crippen LogP contribution in [0, 0.1) is 0 Å². The van der Waals surface area contributed by atoms with Crippen molar-refractivity contribution in [3.8, 4) is 0 Å². The molecule has 2 heterocycles. The Morgan fingerprint density at radius 3 is 1.86 bits per heavy atom. The van der Waals surface area contributed by atoms with E-state index in [1.54, 1.807) is 0 Å². The van der Waals surface area contributed by atoms with Gasteiger partial charge in [-0.1, -0.05) is 42.1 Å². The number of benzene rings is 1. The molecule has 2 fully saturated rings. The van der Waals surface area contributed by atoms with Crippen LogP contribution in [0.3, 0.4) is 0 Å². The number of hydrogen-bond acceptors (Lipinski definition) is 3. The third-order valence-corrected chi connectivity index (χ3v) is 9.82. The van der Waals surface area contributed by atoms with E-state index in [4.69, 9.17) is 11.8 Å². The zero-order valence-electron chi connectivity index (χ0n) is 13.2. The zero-order chi connectivity index (χ0) is 15.3. The van der Waals surface area contributed by atoms with Gasteiger partial charge in [-0.25, -0.2) is 0 Å². The van der Waals surface area contributed by atoms with Crippen LogP contribution in [-0.4, -0.2) is 61.7 Å². The first-order valence-electron chi connectivity index (χ1n) is 8.40. The summed E-state index contributed by atoms with van der Waals surface area (Å²) in [5, 5.41) is 8.41. The number of nitrogens with one attached hydrogen (secondary N) is 2. The standard InChI is InChI=1S/C16H27N4PS/c22-21(16-6-2-1-3-7-16)19-12-4-8-17-10-11-18-9-5-13-20(21)15-14-19/h1-3,6-7,17-18H,4-5,8-15H2. The Labute approximate surface area is 139 Å². The minimum atomic E-state index is -1.76. The molecule has 0 amide bonds. The van der Waals surface area contributed by atoms with Gasteiger partial charge in [0.05, 0.1) is 0 Å². The lowest BCUT2D eigenvalue weighted by molar-refractivity contribution is 0.435. The van der Waals surface area contributed by atoms with Crippen LogP contribution in [-0.2, 0) is 11.8 Å². The molecule has 4 nitrogen and oxygen atoms in total. The monoisotopic (exact) mass is 338 g/mol. The van der Waals surface area contributed by atoms with Crippen molar-refractivity contribution in [3.05, 3.63) is 30.3 Å². The highest BCUT2D eigenvalue weighted by molar-refractivity contribution is 8.16. The average molecular weight is 338 g/mol. The molecule has 0 radical (unpaired) electrons. The predicted molar refractivity (Wildman–Crippen MR) is 98.5 cm³/mol. The highest BCUT2D eigenvalue weighted by Gasteiger charge is 2.38. The van der Waals surface area contributed by atoms with E-state index in [-0.39, 0.29) is 0 Å². The average Bonchev–Trinajstić information content (AvgIpc) is 2.88. The summed E-state index contributed by atoms with van der Waals surface area (Å²) in [6.45, 7) is 8.78. The van der Waals surface area contributed by atoms with Crippen molar-refractivity contribution in [2.75, 3.05) is 52.4 Å². The molecule has 22 heavy (non-hydrogen) atoms. The summed E-state index contributed by atoms with van der Waals surface area (Å²) in [5.74, 6) is 0. The van der Waals surface area contributed by atoms with Crippen molar-refractivity contribution >= 4 is 23.5 Å². The van der Waals surface area contributed by atoms with Crippen LogP contribution in [0.15, 0.2) is 30.3 Å². The first kappa shape index (κ1) is 16.6. The van der Waals surface area contributed by atoms with Gasteiger partial charge in [0.15, 0.2) is 0 Å². The maximum atomic E-state index is 6.31. The van der Waals surface area contributed by atoms with Crippen LogP contribution in [0.25, 0.3) is 0 Å². The lowest BCUT2D eigenvalue weighted by Gasteiger charge is -2.34. The van der Waals surface area contributed by atoms with Crippen LogP contribution in [0.5, 0.6) is 0 Å². The van der Waals surface area contributed by atoms with E-state index in [1.165, 1.54) is 18.1 Å². The molecule has 1 aromatic carbocycles. The lowest BCUT2D eigenvalue weighted by atomic mass is 10.3. The maximum Gasteiger partial charge on any atom is 0.107 e. The molecule has 2 N–H and O–H groups in total. The first-order valence-corrected chi connectivity index (χ1v) is 11.1. The molecular weight excluding hydrogens is 311 g/mol. The summed E-state index contributed by atoms with van der Waals surface area (Å²) in [5.41, 5.74) is 0. The van der Waals surface area contributed by atoms with Crippen LogP contribution in [0.1, 0.15) is 12.8 Å². The van der Waals surface area contributed by atoms with Crippen molar-refractivity contribution in [1.82, 2.24) is 20.0 Å². The Kier molecular flexibility index (Phi) is 6.02. The third-order valence-electron chi connectivity index (χ3n) is 4.49. The van der Waals surface area contributed by atoms with Crippen molar-refractivity contribution in [2.45, 2.75) is 12.8 Å². The Morgan fingerprint density at radius 1 is 0.773 bits per heavy atom. The lowest BCUT2D eigenvalue weighted by Crippen LogP contribution is -2.30. The molecule has 2 bridgehead atoms. The van der Waals surface area contributed by atoms with Crippen LogP contribution < -0.4 is 15.9 Å². The summed E-state index contributed by atoms with van der Waals surface area (Å²) in [4.78, 5) is 0. The van der Waals surface area contributed by atoms with Gasteiger partial charge in [0.2, 0.25) is 0 Å². The van der Waals surface area contributed by atoms with Crippen molar-refractivity contribution in [3.63, 3.8) is 0 Å². The summed E-state index contributed by atoms with van der Waals surface area (Å²) in [6, 6.07) is 10.8. The smallest absolute Gasteiger partial charge is 0.107 e. The van der Waals surface area contributed by atoms with E-state index < -0.39 is 6.34 Å². The topological polar surface area (TPSA) is 30.5 Å². The molecule has 122 valence electrons. The van der Waals surface area contributed by atoms with E-state index in [9.17, 15) is 0 Å². The summed E-state index contributed by atoms with van der Waals surface area (Å²) in [7, 11) is 0. The fourth-order valence-corrected chi connectivity index (χ4v) is 7.79. The van der Waals surface area contributed by atoms with Gasteiger partial charge in [-0.3, -0.25) is 9.34 Å². The second-order valence-corrected chi connectivity index (χ2v) is 10.3. The minimum Gasteiger partial charge on any atom is -0.315 e. The number of nitrogens with zero attached hydrogens (tertiary/aromatic N) is 2. The maximum absolute atomic E-state index is 6.31. The largest absolute Gasteiger partial charge is 0.315 e. The minimum absolute atomic E-state index is 1.07. The van der Waals surface area contributed by atoms with Crippen molar-refractivity contribution in [2.24, 2.45) is 0 Å². The predicted octanol–water partition coefficient (Wildman–Crippen LogP) is 1.21. The van der Waals surface area contributed by atoms with Gasteiger partial charge in [0.25, 0.3) is 0 Å². The van der Waals surface area contributed by atoms with Gasteiger partial charge in [-0.2, -0.15) is 0 Å². The molecule has 2 atom stereocenters. The van der Waals surface area contributed by atoms with Gasteiger partial charge in [0, 0.05) is 44.6 Å². The Morgan fingerprint density at radius 2 is 1.32 bits per heavy atom. The molecule has 0 aromatic heterocycles. The molecule has 2 aliphatic rings. The molecule has 6 heteroatoms. The molecule has 2 saturated heterocycles. The summed E-state index contributed by atoms with van der Waals surface area (Å²) < 4.78 is 5.20. The van der Waals surface area contributed by atoms with Crippen LogP contribution >= 0.6 is 6.34 Å². The molecule has 2 aliphatic heterocycles. The third kappa shape index (κ3) is 3.61. The fraction of sp³-hybridized carbons (Fsp3) is 0.625. The van der Waals surface area contributed by atoms with Crippen molar-refractivity contribution < 1.29 is 0 Å². The van der Waals surface area contributed by atoms with Gasteiger partial charge in [-0.05, 0) is 25.9 Å². The normalized spacial score (nSPS) is 34.4. The van der Waals surface area contributed by atoms with Gasteiger partial charge in [0.1, 0.15) is 6.34 Å². The zero-order valence-corrected chi connectivity index (χ0v) is 14.9. The molecular formula is C16H27N4PS. The molecule has 1 aromatic rings. The molecule has 0 aliphatic carbocycles.